The maximum absolute atomic E-state index is 11.2. The molecule has 2 aliphatic carbocycles. The first kappa shape index (κ1) is 8.79. The molecule has 0 bridgehead atoms. The average molecular weight is 179 g/mol. The van der Waals surface area contributed by atoms with E-state index in [0.717, 1.165) is 0 Å². The summed E-state index contributed by atoms with van der Waals surface area (Å²) in [5.74, 6) is 0.0710. The number of nitrogens with one attached hydrogen (secondary N) is 1. The predicted octanol–water partition coefficient (Wildman–Crippen LogP) is 2.01. The Morgan fingerprint density at radius 1 is 1.46 bits per heavy atom. The first-order valence-electron chi connectivity index (χ1n) is 5.17. The van der Waals surface area contributed by atoms with Crippen LogP contribution in [-0.4, -0.2) is 11.9 Å². The molecule has 2 saturated carbocycles. The number of carbonyl (C=O) groups excluding carboxylic acids is 1. The molecule has 2 rings (SSSR count). The molecule has 0 saturated heterocycles. The number of allylic oxidation sites excluding steroid dienone is 1. The second-order valence-electron chi connectivity index (χ2n) is 4.47. The van der Waals surface area contributed by atoms with Gasteiger partial charge in [0.05, 0.1) is 0 Å². The van der Waals surface area contributed by atoms with Crippen LogP contribution in [0.25, 0.3) is 0 Å². The van der Waals surface area contributed by atoms with E-state index in [4.69, 9.17) is 0 Å². The van der Waals surface area contributed by atoms with Gasteiger partial charge in [-0.15, -0.1) is 0 Å². The molecule has 1 N–H and O–H groups in total. The Balaban J connectivity index is 1.71. The first-order valence-corrected chi connectivity index (χ1v) is 5.17. The van der Waals surface area contributed by atoms with Crippen LogP contribution in [0.2, 0.25) is 0 Å². The van der Waals surface area contributed by atoms with E-state index in [0.29, 0.717) is 11.5 Å². The van der Waals surface area contributed by atoms with Gasteiger partial charge in [0.25, 0.3) is 0 Å². The molecule has 0 atom stereocenters. The highest BCUT2D eigenvalue weighted by atomic mass is 16.1. The van der Waals surface area contributed by atoms with E-state index in [9.17, 15) is 4.79 Å². The van der Waals surface area contributed by atoms with E-state index in [2.05, 4.69) is 5.32 Å². The normalized spacial score (nSPS) is 25.6. The maximum atomic E-state index is 11.2. The number of amides is 1. The van der Waals surface area contributed by atoms with Crippen molar-refractivity contribution in [2.45, 2.75) is 45.1 Å². The van der Waals surface area contributed by atoms with E-state index >= 15 is 0 Å². The van der Waals surface area contributed by atoms with Crippen molar-refractivity contribution < 1.29 is 4.79 Å². The van der Waals surface area contributed by atoms with Gasteiger partial charge >= 0.3 is 0 Å². The monoisotopic (exact) mass is 179 g/mol. The fraction of sp³-hybridized carbons (Fsp3) is 0.727. The van der Waals surface area contributed by atoms with Crippen LogP contribution < -0.4 is 5.32 Å². The fourth-order valence-electron chi connectivity index (χ4n) is 2.57. The zero-order valence-corrected chi connectivity index (χ0v) is 8.18. The van der Waals surface area contributed by atoms with Gasteiger partial charge in [-0.05, 0) is 44.1 Å². The van der Waals surface area contributed by atoms with Crippen LogP contribution in [0.3, 0.4) is 0 Å². The van der Waals surface area contributed by atoms with Gasteiger partial charge in [-0.2, -0.15) is 0 Å². The summed E-state index contributed by atoms with van der Waals surface area (Å²) in [6.07, 6.45) is 10.0. The van der Waals surface area contributed by atoms with Gasteiger partial charge in [-0.25, -0.2) is 0 Å². The lowest BCUT2D eigenvalue weighted by atomic mass is 9.54. The molecule has 72 valence electrons. The molecule has 0 radical (unpaired) electrons. The Kier molecular flexibility index (Phi) is 2.14. The molecule has 0 aliphatic heterocycles. The van der Waals surface area contributed by atoms with Crippen molar-refractivity contribution in [1.29, 1.82) is 0 Å². The van der Waals surface area contributed by atoms with Crippen molar-refractivity contribution in [3.05, 3.63) is 12.2 Å². The van der Waals surface area contributed by atoms with Crippen LogP contribution in [0.4, 0.5) is 0 Å². The predicted molar refractivity (Wildman–Crippen MR) is 52.3 cm³/mol. The SMILES string of the molecule is C/C=C/C(=O)NC1CC2(CCC2)C1. The van der Waals surface area contributed by atoms with Crippen LogP contribution in [0.15, 0.2) is 12.2 Å². The summed E-state index contributed by atoms with van der Waals surface area (Å²) in [5, 5.41) is 3.01. The molecule has 0 unspecified atom stereocenters. The molecule has 0 aromatic carbocycles. The van der Waals surface area contributed by atoms with E-state index in [1.807, 2.05) is 6.92 Å². The molecular weight excluding hydrogens is 162 g/mol. The Hall–Kier alpha value is -0.790. The minimum atomic E-state index is 0.0710. The third-order valence-corrected chi connectivity index (χ3v) is 3.44. The third-order valence-electron chi connectivity index (χ3n) is 3.44. The van der Waals surface area contributed by atoms with Crippen LogP contribution in [0.5, 0.6) is 0 Å². The van der Waals surface area contributed by atoms with Gasteiger partial charge < -0.3 is 5.32 Å². The first-order chi connectivity index (χ1) is 6.24. The highest BCUT2D eigenvalue weighted by Gasteiger charge is 2.48. The van der Waals surface area contributed by atoms with E-state index < -0.39 is 0 Å². The summed E-state index contributed by atoms with van der Waals surface area (Å²) >= 11 is 0. The van der Waals surface area contributed by atoms with Crippen molar-refractivity contribution >= 4 is 5.91 Å². The minimum absolute atomic E-state index is 0.0710. The lowest BCUT2D eigenvalue weighted by Crippen LogP contribution is -2.53. The van der Waals surface area contributed by atoms with Crippen molar-refractivity contribution in [3.8, 4) is 0 Å². The van der Waals surface area contributed by atoms with Crippen LogP contribution in [0.1, 0.15) is 39.0 Å². The van der Waals surface area contributed by atoms with Gasteiger partial charge in [0.15, 0.2) is 0 Å². The number of hydrogen-bond donors (Lipinski definition) is 1. The summed E-state index contributed by atoms with van der Waals surface area (Å²) in [5.41, 5.74) is 0.661. The van der Waals surface area contributed by atoms with Crippen molar-refractivity contribution in [2.24, 2.45) is 5.41 Å². The summed E-state index contributed by atoms with van der Waals surface area (Å²) in [6, 6.07) is 0.462. The number of carbonyl (C=O) groups is 1. The molecule has 2 nitrogen and oxygen atoms in total. The number of hydrogen-bond acceptors (Lipinski definition) is 1. The molecule has 2 heteroatoms. The maximum Gasteiger partial charge on any atom is 0.243 e. The molecule has 0 aromatic heterocycles. The van der Waals surface area contributed by atoms with E-state index in [1.165, 1.54) is 32.1 Å². The quantitative estimate of drug-likeness (QED) is 0.645. The molecule has 2 aliphatic rings. The zero-order chi connectivity index (χ0) is 9.31. The second kappa shape index (κ2) is 3.17. The summed E-state index contributed by atoms with van der Waals surface area (Å²) in [6.45, 7) is 1.87. The Morgan fingerprint density at radius 2 is 2.15 bits per heavy atom. The summed E-state index contributed by atoms with van der Waals surface area (Å²) < 4.78 is 0. The molecule has 2 fully saturated rings. The Labute approximate surface area is 79.4 Å². The van der Waals surface area contributed by atoms with Crippen molar-refractivity contribution in [3.63, 3.8) is 0 Å². The second-order valence-corrected chi connectivity index (χ2v) is 4.47. The standard InChI is InChI=1S/C11H17NO/c1-2-4-10(13)12-9-7-11(8-9)5-3-6-11/h2,4,9H,3,5-8H2,1H3,(H,12,13)/b4-2+. The highest BCUT2D eigenvalue weighted by Crippen LogP contribution is 2.55. The molecule has 0 heterocycles. The summed E-state index contributed by atoms with van der Waals surface area (Å²) in [7, 11) is 0. The molecule has 1 amide bonds. The molecule has 13 heavy (non-hydrogen) atoms. The van der Waals surface area contributed by atoms with Gasteiger partial charge in [-0.3, -0.25) is 4.79 Å². The zero-order valence-electron chi connectivity index (χ0n) is 8.18. The average Bonchev–Trinajstić information content (AvgIpc) is 1.92. The highest BCUT2D eigenvalue weighted by molar-refractivity contribution is 5.87. The van der Waals surface area contributed by atoms with Gasteiger partial charge in [0.1, 0.15) is 0 Å². The molecular formula is C11H17NO. The van der Waals surface area contributed by atoms with E-state index in [-0.39, 0.29) is 5.91 Å². The smallest absolute Gasteiger partial charge is 0.243 e. The fourth-order valence-corrected chi connectivity index (χ4v) is 2.57. The van der Waals surface area contributed by atoms with Crippen molar-refractivity contribution in [2.75, 3.05) is 0 Å². The largest absolute Gasteiger partial charge is 0.350 e. The summed E-state index contributed by atoms with van der Waals surface area (Å²) in [4.78, 5) is 11.2. The minimum Gasteiger partial charge on any atom is -0.350 e. The molecule has 0 aromatic rings. The lowest BCUT2D eigenvalue weighted by Gasteiger charge is -2.54. The Bertz CT molecular complexity index is 232. The van der Waals surface area contributed by atoms with Crippen molar-refractivity contribution in [1.82, 2.24) is 5.32 Å². The van der Waals surface area contributed by atoms with Crippen LogP contribution in [-0.2, 0) is 4.79 Å². The Morgan fingerprint density at radius 3 is 2.62 bits per heavy atom. The topological polar surface area (TPSA) is 29.1 Å². The van der Waals surface area contributed by atoms with E-state index in [1.54, 1.807) is 12.2 Å². The van der Waals surface area contributed by atoms with Crippen LogP contribution in [0, 0.1) is 5.41 Å². The number of rotatable bonds is 2. The van der Waals surface area contributed by atoms with Gasteiger partial charge in [-0.1, -0.05) is 12.5 Å². The van der Waals surface area contributed by atoms with Gasteiger partial charge in [0.2, 0.25) is 5.91 Å². The van der Waals surface area contributed by atoms with Crippen LogP contribution >= 0.6 is 0 Å². The van der Waals surface area contributed by atoms with Gasteiger partial charge in [0, 0.05) is 6.04 Å². The molecule has 1 spiro atoms. The lowest BCUT2D eigenvalue weighted by molar-refractivity contribution is -0.119. The third kappa shape index (κ3) is 1.62.